The lowest BCUT2D eigenvalue weighted by Gasteiger charge is -2.02. The Kier molecular flexibility index (Phi) is 5.81. The number of alkyl halides is 5. The quantitative estimate of drug-likeness (QED) is 0.276. The number of halogens is 5. The van der Waals surface area contributed by atoms with Gasteiger partial charge in [0.05, 0.1) is 0 Å². The Morgan fingerprint density at radius 3 is 1.74 bits per heavy atom. The minimum absolute atomic E-state index is 0.114. The van der Waals surface area contributed by atoms with Crippen LogP contribution in [0.2, 0.25) is 0 Å². The van der Waals surface area contributed by atoms with Crippen LogP contribution in [0, 0.1) is 0 Å². The summed E-state index contributed by atoms with van der Waals surface area (Å²) < 4.78 is 62.3. The molecule has 1 aliphatic rings. The van der Waals surface area contributed by atoms with E-state index in [1.54, 1.807) is 0 Å². The van der Waals surface area contributed by atoms with Crippen LogP contribution in [0.15, 0.2) is 11.1 Å². The van der Waals surface area contributed by atoms with Crippen molar-refractivity contribution < 1.29 is 22.0 Å². The number of hydrogen-bond donors (Lipinski definition) is 0. The van der Waals surface area contributed by atoms with Gasteiger partial charge in [-0.15, -0.1) is 0 Å². The molecule has 19 heavy (non-hydrogen) atoms. The molecule has 0 aliphatic heterocycles. The standard InChI is InChI=1S/C14H21F5/c1-2-3-4-5-6-7-8-9-10-11-12(13(11,15)16)14(17,18)19/h2-10H2,1H3. The molecular weight excluding hydrogens is 263 g/mol. The number of allylic oxidation sites excluding steroid dienone is 2. The molecule has 112 valence electrons. The van der Waals surface area contributed by atoms with Crippen LogP contribution in [-0.2, 0) is 0 Å². The van der Waals surface area contributed by atoms with Gasteiger partial charge in [0.1, 0.15) is 5.57 Å². The van der Waals surface area contributed by atoms with Gasteiger partial charge in [-0.05, 0) is 12.8 Å². The van der Waals surface area contributed by atoms with Crippen molar-refractivity contribution in [2.75, 3.05) is 0 Å². The van der Waals surface area contributed by atoms with Gasteiger partial charge in [-0.25, -0.2) is 0 Å². The predicted molar refractivity (Wildman–Crippen MR) is 65.3 cm³/mol. The van der Waals surface area contributed by atoms with Gasteiger partial charge in [0, 0.05) is 5.57 Å². The maximum atomic E-state index is 12.9. The first-order chi connectivity index (χ1) is 8.81. The predicted octanol–water partition coefficient (Wildman–Crippen LogP) is 6.03. The molecule has 0 heterocycles. The largest absolute Gasteiger partial charge is 0.418 e. The van der Waals surface area contributed by atoms with Gasteiger partial charge in [0.15, 0.2) is 0 Å². The third kappa shape index (κ3) is 4.77. The molecule has 0 N–H and O–H groups in total. The zero-order valence-corrected chi connectivity index (χ0v) is 11.3. The van der Waals surface area contributed by atoms with Crippen LogP contribution < -0.4 is 0 Å². The van der Waals surface area contributed by atoms with Crippen LogP contribution in [0.1, 0.15) is 64.7 Å². The Morgan fingerprint density at radius 1 is 0.842 bits per heavy atom. The highest BCUT2D eigenvalue weighted by Gasteiger charge is 2.66. The van der Waals surface area contributed by atoms with Crippen molar-refractivity contribution in [3.05, 3.63) is 11.1 Å². The highest BCUT2D eigenvalue weighted by atomic mass is 19.4. The van der Waals surface area contributed by atoms with Crippen LogP contribution in [0.4, 0.5) is 22.0 Å². The second-order valence-electron chi connectivity index (χ2n) is 5.15. The number of rotatable bonds is 9. The molecule has 5 heteroatoms. The van der Waals surface area contributed by atoms with Crippen molar-refractivity contribution >= 4 is 0 Å². The summed E-state index contributed by atoms with van der Waals surface area (Å²) in [6.07, 6.45) is 2.83. The Bertz CT molecular complexity index is 314. The lowest BCUT2D eigenvalue weighted by Crippen LogP contribution is -2.12. The molecule has 0 bridgehead atoms. The van der Waals surface area contributed by atoms with Crippen LogP contribution in [0.5, 0.6) is 0 Å². The Hall–Kier alpha value is -0.610. The van der Waals surface area contributed by atoms with E-state index < -0.39 is 23.2 Å². The summed E-state index contributed by atoms with van der Waals surface area (Å²) in [5.74, 6) is -3.68. The SMILES string of the molecule is CCCCCCCCCCC1=C(C(F)(F)F)C1(F)F. The van der Waals surface area contributed by atoms with E-state index in [9.17, 15) is 22.0 Å². The molecule has 0 aromatic heterocycles. The normalized spacial score (nSPS) is 18.0. The molecule has 0 spiro atoms. The summed E-state index contributed by atoms with van der Waals surface area (Å²) in [7, 11) is 0. The van der Waals surface area contributed by atoms with E-state index in [0.717, 1.165) is 25.7 Å². The molecule has 0 amide bonds. The van der Waals surface area contributed by atoms with E-state index in [2.05, 4.69) is 6.92 Å². The monoisotopic (exact) mass is 284 g/mol. The lowest BCUT2D eigenvalue weighted by atomic mass is 10.1. The first-order valence-electron chi connectivity index (χ1n) is 7.01. The molecule has 0 nitrogen and oxygen atoms in total. The minimum Gasteiger partial charge on any atom is -0.196 e. The molecule has 0 unspecified atom stereocenters. The van der Waals surface area contributed by atoms with Crippen molar-refractivity contribution in [2.45, 2.75) is 76.8 Å². The van der Waals surface area contributed by atoms with Crippen LogP contribution in [-0.4, -0.2) is 12.1 Å². The molecule has 0 aromatic rings. The Balaban J connectivity index is 2.12. The second kappa shape index (κ2) is 6.71. The van der Waals surface area contributed by atoms with Gasteiger partial charge >= 0.3 is 12.1 Å². The maximum absolute atomic E-state index is 12.9. The van der Waals surface area contributed by atoms with Crippen molar-refractivity contribution in [1.82, 2.24) is 0 Å². The van der Waals surface area contributed by atoms with Crippen LogP contribution >= 0.6 is 0 Å². The third-order valence-electron chi connectivity index (χ3n) is 3.50. The zero-order chi connectivity index (χ0) is 14.5. The third-order valence-corrected chi connectivity index (χ3v) is 3.50. The molecule has 0 saturated heterocycles. The summed E-state index contributed by atoms with van der Waals surface area (Å²) in [5, 5.41) is 0. The molecule has 0 atom stereocenters. The number of hydrogen-bond acceptors (Lipinski definition) is 0. The molecule has 0 aromatic carbocycles. The van der Waals surface area contributed by atoms with Crippen molar-refractivity contribution in [3.8, 4) is 0 Å². The molecule has 1 aliphatic carbocycles. The summed E-state index contributed by atoms with van der Waals surface area (Å²) in [6, 6.07) is 0. The van der Waals surface area contributed by atoms with E-state index >= 15 is 0 Å². The topological polar surface area (TPSA) is 0 Å². The summed E-state index contributed by atoms with van der Waals surface area (Å²) in [6.45, 7) is 2.13. The smallest absolute Gasteiger partial charge is 0.196 e. The summed E-state index contributed by atoms with van der Waals surface area (Å²) >= 11 is 0. The fourth-order valence-electron chi connectivity index (χ4n) is 2.35. The van der Waals surface area contributed by atoms with Gasteiger partial charge in [-0.1, -0.05) is 51.9 Å². The fraction of sp³-hybridized carbons (Fsp3) is 0.857. The molecule has 0 saturated carbocycles. The first-order valence-corrected chi connectivity index (χ1v) is 7.01. The van der Waals surface area contributed by atoms with E-state index in [1.807, 2.05) is 0 Å². The van der Waals surface area contributed by atoms with Gasteiger partial charge in [0.2, 0.25) is 0 Å². The van der Waals surface area contributed by atoms with Crippen LogP contribution in [0.25, 0.3) is 0 Å². The maximum Gasteiger partial charge on any atom is 0.418 e. The fourth-order valence-corrected chi connectivity index (χ4v) is 2.35. The molecular formula is C14H21F5. The van der Waals surface area contributed by atoms with Gasteiger partial charge < -0.3 is 0 Å². The minimum atomic E-state index is -4.86. The van der Waals surface area contributed by atoms with E-state index in [1.165, 1.54) is 19.3 Å². The molecule has 1 rings (SSSR count). The molecule has 0 radical (unpaired) electrons. The van der Waals surface area contributed by atoms with Crippen LogP contribution in [0.3, 0.4) is 0 Å². The highest BCUT2D eigenvalue weighted by Crippen LogP contribution is 2.58. The second-order valence-corrected chi connectivity index (χ2v) is 5.15. The number of unbranched alkanes of at least 4 members (excludes halogenated alkanes) is 7. The van der Waals surface area contributed by atoms with Crippen molar-refractivity contribution in [1.29, 1.82) is 0 Å². The van der Waals surface area contributed by atoms with Gasteiger partial charge in [-0.2, -0.15) is 22.0 Å². The van der Waals surface area contributed by atoms with Crippen molar-refractivity contribution in [3.63, 3.8) is 0 Å². The van der Waals surface area contributed by atoms with Crippen molar-refractivity contribution in [2.24, 2.45) is 0 Å². The molecule has 0 fully saturated rings. The van der Waals surface area contributed by atoms with E-state index in [0.29, 0.717) is 6.42 Å². The highest BCUT2D eigenvalue weighted by molar-refractivity contribution is 5.51. The Labute approximate surface area is 111 Å². The average Bonchev–Trinajstić information content (AvgIpc) is 2.84. The summed E-state index contributed by atoms with van der Waals surface area (Å²) in [5.41, 5.74) is -2.28. The summed E-state index contributed by atoms with van der Waals surface area (Å²) in [4.78, 5) is 0. The average molecular weight is 284 g/mol. The Morgan fingerprint density at radius 2 is 1.32 bits per heavy atom. The van der Waals surface area contributed by atoms with E-state index in [-0.39, 0.29) is 6.42 Å². The first kappa shape index (κ1) is 16.4. The van der Waals surface area contributed by atoms with Gasteiger partial charge in [-0.3, -0.25) is 0 Å². The van der Waals surface area contributed by atoms with E-state index in [4.69, 9.17) is 0 Å². The van der Waals surface area contributed by atoms with Gasteiger partial charge in [0.25, 0.3) is 0 Å². The lowest BCUT2D eigenvalue weighted by molar-refractivity contribution is -0.103. The zero-order valence-electron chi connectivity index (χ0n) is 11.3.